The van der Waals surface area contributed by atoms with Crippen molar-refractivity contribution in [3.05, 3.63) is 12.2 Å². The highest BCUT2D eigenvalue weighted by Gasteiger charge is 1.98. The second-order valence-corrected chi connectivity index (χ2v) is 4.85. The minimum atomic E-state index is -0.216. The van der Waals surface area contributed by atoms with Gasteiger partial charge in [-0.2, -0.15) is 4.99 Å². The topological polar surface area (TPSA) is 81.5 Å². The van der Waals surface area contributed by atoms with Gasteiger partial charge in [0.25, 0.3) is 0 Å². The molecule has 1 amide bonds. The molecular weight excluding hydrogens is 238 g/mol. The molecule has 4 nitrogen and oxygen atoms in total. The molecule has 4 N–H and O–H groups in total. The van der Waals surface area contributed by atoms with Crippen molar-refractivity contribution in [1.29, 1.82) is 0 Å². The van der Waals surface area contributed by atoms with Crippen molar-refractivity contribution >= 4 is 11.9 Å². The van der Waals surface area contributed by atoms with E-state index in [1.54, 1.807) is 0 Å². The van der Waals surface area contributed by atoms with E-state index in [4.69, 9.17) is 11.5 Å². The van der Waals surface area contributed by atoms with Crippen LogP contribution in [0.3, 0.4) is 0 Å². The number of nitrogens with zero attached hydrogens (tertiary/aromatic N) is 1. The lowest BCUT2D eigenvalue weighted by atomic mass is 10.1. The van der Waals surface area contributed by atoms with Crippen LogP contribution in [0.1, 0.15) is 71.1 Å². The normalized spacial score (nSPS) is 10.8. The molecule has 0 radical (unpaired) electrons. The van der Waals surface area contributed by atoms with E-state index in [1.165, 1.54) is 32.1 Å². The van der Waals surface area contributed by atoms with Crippen molar-refractivity contribution in [2.24, 2.45) is 16.5 Å². The smallest absolute Gasteiger partial charge is 0.248 e. The van der Waals surface area contributed by atoms with Crippen LogP contribution in [0.15, 0.2) is 17.1 Å². The molecule has 0 heterocycles. The Balaban J connectivity index is 3.29. The Morgan fingerprint density at radius 1 is 0.947 bits per heavy atom. The van der Waals surface area contributed by atoms with Gasteiger partial charge in [0.05, 0.1) is 0 Å². The van der Waals surface area contributed by atoms with Crippen LogP contribution in [-0.4, -0.2) is 11.9 Å². The predicted molar refractivity (Wildman–Crippen MR) is 81.8 cm³/mol. The molecule has 0 aliphatic rings. The Morgan fingerprint density at radius 3 is 2.05 bits per heavy atom. The fraction of sp³-hybridized carbons (Fsp3) is 0.733. The molecule has 0 aromatic heterocycles. The first-order valence-electron chi connectivity index (χ1n) is 7.44. The third-order valence-corrected chi connectivity index (χ3v) is 2.91. The summed E-state index contributed by atoms with van der Waals surface area (Å²) in [6.07, 6.45) is 15.6. The first-order chi connectivity index (χ1) is 9.16. The van der Waals surface area contributed by atoms with Gasteiger partial charge in [-0.25, -0.2) is 0 Å². The molecule has 0 aromatic carbocycles. The summed E-state index contributed by atoms with van der Waals surface area (Å²) in [6.45, 7) is 2.23. The molecule has 0 rings (SSSR count). The largest absolute Gasteiger partial charge is 0.370 e. The highest BCUT2D eigenvalue weighted by Crippen LogP contribution is 2.07. The summed E-state index contributed by atoms with van der Waals surface area (Å²) in [7, 11) is 0. The molecule has 0 aliphatic carbocycles. The monoisotopic (exact) mass is 267 g/mol. The van der Waals surface area contributed by atoms with Crippen LogP contribution in [0.5, 0.6) is 0 Å². The van der Waals surface area contributed by atoms with Gasteiger partial charge < -0.3 is 11.5 Å². The van der Waals surface area contributed by atoms with Crippen LogP contribution < -0.4 is 11.5 Å². The summed E-state index contributed by atoms with van der Waals surface area (Å²) < 4.78 is 0. The maximum absolute atomic E-state index is 11.2. The summed E-state index contributed by atoms with van der Waals surface area (Å²) in [6, 6.07) is 0. The highest BCUT2D eigenvalue weighted by atomic mass is 16.1. The zero-order valence-electron chi connectivity index (χ0n) is 12.2. The van der Waals surface area contributed by atoms with Gasteiger partial charge in [0, 0.05) is 6.42 Å². The van der Waals surface area contributed by atoms with Crippen LogP contribution in [0.4, 0.5) is 0 Å². The number of unbranched alkanes of at least 4 members (excludes halogenated alkanes) is 7. The zero-order valence-corrected chi connectivity index (χ0v) is 12.2. The number of guanidine groups is 1. The first-order valence-corrected chi connectivity index (χ1v) is 7.44. The number of allylic oxidation sites excluding steroid dienone is 2. The predicted octanol–water partition coefficient (Wildman–Crippen LogP) is 3.26. The summed E-state index contributed by atoms with van der Waals surface area (Å²) in [5.74, 6) is -0.359. The number of nitrogens with two attached hydrogens (primary N) is 2. The number of hydrogen-bond donors (Lipinski definition) is 2. The number of carbonyl (C=O) groups excluding carboxylic acids is 1. The van der Waals surface area contributed by atoms with Gasteiger partial charge in [-0.1, -0.05) is 44.8 Å². The Labute approximate surface area is 117 Å². The summed E-state index contributed by atoms with van der Waals surface area (Å²) in [5.41, 5.74) is 10.2. The fourth-order valence-electron chi connectivity index (χ4n) is 1.84. The quantitative estimate of drug-likeness (QED) is 0.261. The molecule has 0 spiro atoms. The van der Waals surface area contributed by atoms with Crippen LogP contribution in [-0.2, 0) is 4.79 Å². The molecule has 4 heteroatoms. The van der Waals surface area contributed by atoms with Crippen LogP contribution in [0, 0.1) is 0 Å². The first kappa shape index (κ1) is 17.7. The number of carbonyl (C=O) groups is 1. The van der Waals surface area contributed by atoms with Crippen molar-refractivity contribution in [3.8, 4) is 0 Å². The van der Waals surface area contributed by atoms with E-state index in [1.807, 2.05) is 0 Å². The van der Waals surface area contributed by atoms with Crippen LogP contribution in [0.2, 0.25) is 0 Å². The Morgan fingerprint density at radius 2 is 1.53 bits per heavy atom. The molecular formula is C15H29N3O. The zero-order chi connectivity index (χ0) is 14.3. The number of hydrogen-bond acceptors (Lipinski definition) is 1. The van der Waals surface area contributed by atoms with E-state index in [-0.39, 0.29) is 11.9 Å². The molecule has 0 saturated heterocycles. The maximum atomic E-state index is 11.2. The van der Waals surface area contributed by atoms with Crippen molar-refractivity contribution in [1.82, 2.24) is 0 Å². The maximum Gasteiger partial charge on any atom is 0.248 e. The number of amides is 1. The molecule has 0 aliphatic heterocycles. The lowest BCUT2D eigenvalue weighted by molar-refractivity contribution is -0.117. The van der Waals surface area contributed by atoms with Gasteiger partial charge in [-0.05, 0) is 32.1 Å². The van der Waals surface area contributed by atoms with Gasteiger partial charge in [0.2, 0.25) is 5.91 Å². The minimum absolute atomic E-state index is 0.143. The van der Waals surface area contributed by atoms with E-state index < -0.39 is 0 Å². The van der Waals surface area contributed by atoms with Crippen molar-refractivity contribution in [3.63, 3.8) is 0 Å². The summed E-state index contributed by atoms with van der Waals surface area (Å²) >= 11 is 0. The highest BCUT2D eigenvalue weighted by molar-refractivity contribution is 5.91. The van der Waals surface area contributed by atoms with Gasteiger partial charge in [-0.3, -0.25) is 4.79 Å². The molecule has 0 unspecified atom stereocenters. The van der Waals surface area contributed by atoms with Crippen molar-refractivity contribution in [2.75, 3.05) is 0 Å². The van der Waals surface area contributed by atoms with Crippen LogP contribution in [0.25, 0.3) is 0 Å². The number of rotatable bonds is 11. The van der Waals surface area contributed by atoms with E-state index in [0.717, 1.165) is 25.7 Å². The molecule has 0 saturated carbocycles. The third-order valence-electron chi connectivity index (χ3n) is 2.91. The molecule has 0 aromatic rings. The minimum Gasteiger partial charge on any atom is -0.370 e. The van der Waals surface area contributed by atoms with E-state index in [0.29, 0.717) is 6.42 Å². The van der Waals surface area contributed by atoms with Crippen LogP contribution >= 0.6 is 0 Å². The summed E-state index contributed by atoms with van der Waals surface area (Å²) in [5, 5.41) is 0. The standard InChI is InChI=1S/C15H29N3O/c1-2-3-4-5-6-7-8-9-10-11-12-13-14(19)18-15(16)17/h7-8H,2-6,9-13H2,1H3,(H4,16,17,18,19)/b8-7+. The fourth-order valence-corrected chi connectivity index (χ4v) is 1.84. The van der Waals surface area contributed by atoms with Gasteiger partial charge in [-0.15, -0.1) is 0 Å². The lowest BCUT2D eigenvalue weighted by Gasteiger charge is -1.97. The molecule has 0 fully saturated rings. The molecule has 110 valence electrons. The molecule has 19 heavy (non-hydrogen) atoms. The Bertz CT molecular complexity index is 281. The average molecular weight is 267 g/mol. The SMILES string of the molecule is CCCCCC/C=C/CCCCCC(=O)N=C(N)N. The van der Waals surface area contributed by atoms with E-state index >= 15 is 0 Å². The number of aliphatic imine (C=N–C) groups is 1. The van der Waals surface area contributed by atoms with E-state index in [2.05, 4.69) is 24.1 Å². The van der Waals surface area contributed by atoms with Crippen molar-refractivity contribution in [2.45, 2.75) is 71.1 Å². The second kappa shape index (κ2) is 13.1. The summed E-state index contributed by atoms with van der Waals surface area (Å²) in [4.78, 5) is 14.6. The molecule has 0 bridgehead atoms. The molecule has 0 atom stereocenters. The Hall–Kier alpha value is -1.32. The van der Waals surface area contributed by atoms with Gasteiger partial charge >= 0.3 is 0 Å². The van der Waals surface area contributed by atoms with Crippen molar-refractivity contribution < 1.29 is 4.79 Å². The lowest BCUT2D eigenvalue weighted by Crippen LogP contribution is -2.24. The Kier molecular flexibility index (Phi) is 12.2. The van der Waals surface area contributed by atoms with E-state index in [9.17, 15) is 4.79 Å². The average Bonchev–Trinajstić information content (AvgIpc) is 2.35. The van der Waals surface area contributed by atoms with Gasteiger partial charge in [0.1, 0.15) is 0 Å². The second-order valence-electron chi connectivity index (χ2n) is 4.85. The van der Waals surface area contributed by atoms with Gasteiger partial charge in [0.15, 0.2) is 5.96 Å². The third kappa shape index (κ3) is 14.6.